The second-order valence-corrected chi connectivity index (χ2v) is 5.53. The summed E-state index contributed by atoms with van der Waals surface area (Å²) in [4.78, 5) is 2.17. The first-order valence-corrected chi connectivity index (χ1v) is 7.23. The van der Waals surface area contributed by atoms with Gasteiger partial charge in [-0.1, -0.05) is 17.7 Å². The van der Waals surface area contributed by atoms with E-state index >= 15 is 0 Å². The Labute approximate surface area is 127 Å². The topological polar surface area (TPSA) is 15.3 Å². The number of nitrogens with one attached hydrogen (secondary N) is 1. The number of hydrogen-bond donors (Lipinski definition) is 1. The van der Waals surface area contributed by atoms with Crippen molar-refractivity contribution in [1.82, 2.24) is 10.2 Å². The molecule has 1 aromatic rings. The van der Waals surface area contributed by atoms with Crippen molar-refractivity contribution < 1.29 is 13.2 Å². The van der Waals surface area contributed by atoms with Crippen LogP contribution < -0.4 is 5.32 Å². The zero-order chi connectivity index (χ0) is 15.5. The highest BCUT2D eigenvalue weighted by molar-refractivity contribution is 6.30. The molecule has 0 saturated carbocycles. The Kier molecular flexibility index (Phi) is 5.30. The van der Waals surface area contributed by atoms with E-state index in [0.29, 0.717) is 12.0 Å². The van der Waals surface area contributed by atoms with Crippen LogP contribution in [0.3, 0.4) is 0 Å². The number of nitrogens with zero attached hydrogens (tertiary/aromatic N) is 1. The van der Waals surface area contributed by atoms with Gasteiger partial charge in [0, 0.05) is 37.2 Å². The van der Waals surface area contributed by atoms with Gasteiger partial charge >= 0.3 is 6.18 Å². The molecule has 1 heterocycles. The van der Waals surface area contributed by atoms with Gasteiger partial charge in [-0.3, -0.25) is 4.90 Å². The summed E-state index contributed by atoms with van der Waals surface area (Å²) in [7, 11) is 0. The molecule has 1 aromatic carbocycles. The first kappa shape index (κ1) is 16.3. The fourth-order valence-corrected chi connectivity index (χ4v) is 2.86. The molecule has 116 valence electrons. The van der Waals surface area contributed by atoms with Crippen molar-refractivity contribution in [3.63, 3.8) is 0 Å². The Morgan fingerprint density at radius 2 is 1.95 bits per heavy atom. The summed E-state index contributed by atoms with van der Waals surface area (Å²) in [6.07, 6.45) is -2.06. The van der Waals surface area contributed by atoms with E-state index in [-0.39, 0.29) is 11.1 Å². The van der Waals surface area contributed by atoms with Crippen LogP contribution in [0.1, 0.15) is 23.6 Å². The highest BCUT2D eigenvalue weighted by Gasteiger charge is 2.32. The quantitative estimate of drug-likeness (QED) is 0.848. The van der Waals surface area contributed by atoms with Crippen LogP contribution in [0.4, 0.5) is 13.2 Å². The van der Waals surface area contributed by atoms with Crippen LogP contribution in [-0.2, 0) is 6.18 Å². The molecule has 0 bridgehead atoms. The van der Waals surface area contributed by atoms with Crippen molar-refractivity contribution in [3.8, 4) is 0 Å². The van der Waals surface area contributed by atoms with Gasteiger partial charge in [0.05, 0.1) is 5.56 Å². The Morgan fingerprint density at radius 3 is 2.52 bits per heavy atom. The Balaban J connectivity index is 2.35. The molecule has 21 heavy (non-hydrogen) atoms. The van der Waals surface area contributed by atoms with Gasteiger partial charge < -0.3 is 5.32 Å². The Morgan fingerprint density at radius 1 is 1.29 bits per heavy atom. The van der Waals surface area contributed by atoms with Crippen molar-refractivity contribution in [2.45, 2.75) is 18.6 Å². The van der Waals surface area contributed by atoms with Gasteiger partial charge in [0.15, 0.2) is 0 Å². The maximum Gasteiger partial charge on any atom is 0.416 e. The molecule has 0 spiro atoms. The van der Waals surface area contributed by atoms with E-state index in [0.717, 1.165) is 32.2 Å². The largest absolute Gasteiger partial charge is 0.416 e. The fourth-order valence-electron chi connectivity index (χ4n) is 2.62. The number of rotatable bonds is 4. The second kappa shape index (κ2) is 6.81. The molecule has 1 fully saturated rings. The zero-order valence-electron chi connectivity index (χ0n) is 11.6. The lowest BCUT2D eigenvalue weighted by atomic mass is 9.99. The number of halogens is 4. The fraction of sp³-hybridized carbons (Fsp3) is 0.467. The van der Waals surface area contributed by atoms with Crippen molar-refractivity contribution in [1.29, 1.82) is 0 Å². The third kappa shape index (κ3) is 4.22. The monoisotopic (exact) mass is 318 g/mol. The predicted octanol–water partition coefficient (Wildman–Crippen LogP) is 3.88. The molecule has 1 saturated heterocycles. The van der Waals surface area contributed by atoms with E-state index in [9.17, 15) is 13.2 Å². The Hall–Kier alpha value is -1.04. The molecule has 2 rings (SSSR count). The van der Waals surface area contributed by atoms with E-state index in [1.54, 1.807) is 12.1 Å². The van der Waals surface area contributed by atoms with Gasteiger partial charge in [-0.05, 0) is 30.2 Å². The SMILES string of the molecule is C=CC[C@H](c1cc(Cl)cc(C(F)(F)F)c1)N1CCNCC1. The van der Waals surface area contributed by atoms with E-state index in [4.69, 9.17) is 11.6 Å². The normalized spacial score (nSPS) is 18.5. The number of alkyl halides is 3. The van der Waals surface area contributed by atoms with Gasteiger partial charge in [-0.25, -0.2) is 0 Å². The Bertz CT molecular complexity index is 496. The van der Waals surface area contributed by atoms with E-state index in [1.165, 1.54) is 6.07 Å². The molecule has 1 N–H and O–H groups in total. The maximum atomic E-state index is 12.9. The van der Waals surface area contributed by atoms with Crippen LogP contribution in [0.25, 0.3) is 0 Å². The van der Waals surface area contributed by atoms with Crippen LogP contribution in [-0.4, -0.2) is 31.1 Å². The van der Waals surface area contributed by atoms with Crippen molar-refractivity contribution in [2.75, 3.05) is 26.2 Å². The second-order valence-electron chi connectivity index (χ2n) is 5.10. The molecule has 0 amide bonds. The van der Waals surface area contributed by atoms with Gasteiger partial charge in [-0.15, -0.1) is 6.58 Å². The van der Waals surface area contributed by atoms with Crippen LogP contribution in [0.2, 0.25) is 5.02 Å². The summed E-state index contributed by atoms with van der Waals surface area (Å²) in [5.74, 6) is 0. The van der Waals surface area contributed by atoms with Gasteiger partial charge in [0.25, 0.3) is 0 Å². The molecule has 0 aliphatic carbocycles. The summed E-state index contributed by atoms with van der Waals surface area (Å²) in [6.45, 7) is 6.98. The van der Waals surface area contributed by atoms with Crippen LogP contribution in [0.15, 0.2) is 30.9 Å². The highest BCUT2D eigenvalue weighted by Crippen LogP contribution is 2.35. The minimum absolute atomic E-state index is 0.115. The van der Waals surface area contributed by atoms with E-state index in [1.807, 2.05) is 0 Å². The summed E-state index contributed by atoms with van der Waals surface area (Å²) in [6, 6.07) is 3.66. The van der Waals surface area contributed by atoms with Gasteiger partial charge in [0.2, 0.25) is 0 Å². The first-order chi connectivity index (χ1) is 9.91. The zero-order valence-corrected chi connectivity index (χ0v) is 12.3. The molecule has 0 aromatic heterocycles. The highest BCUT2D eigenvalue weighted by atomic mass is 35.5. The number of hydrogen-bond acceptors (Lipinski definition) is 2. The first-order valence-electron chi connectivity index (χ1n) is 6.85. The van der Waals surface area contributed by atoms with Crippen LogP contribution in [0.5, 0.6) is 0 Å². The summed E-state index contributed by atoms with van der Waals surface area (Å²) >= 11 is 5.88. The molecular formula is C15H18ClF3N2. The van der Waals surface area contributed by atoms with Crippen molar-refractivity contribution >= 4 is 11.6 Å². The number of piperazine rings is 1. The molecule has 1 aliphatic heterocycles. The minimum atomic E-state index is -4.39. The van der Waals surface area contributed by atoms with Crippen LogP contribution >= 0.6 is 11.6 Å². The average molecular weight is 319 g/mol. The van der Waals surface area contributed by atoms with Crippen molar-refractivity contribution in [3.05, 3.63) is 47.0 Å². The molecule has 1 aliphatic rings. The third-order valence-corrected chi connectivity index (χ3v) is 3.83. The molecule has 0 radical (unpaired) electrons. The smallest absolute Gasteiger partial charge is 0.314 e. The van der Waals surface area contributed by atoms with Crippen LogP contribution in [0, 0.1) is 0 Å². The number of benzene rings is 1. The molecular weight excluding hydrogens is 301 g/mol. The molecule has 0 unspecified atom stereocenters. The van der Waals surface area contributed by atoms with Gasteiger partial charge in [0.1, 0.15) is 0 Å². The summed E-state index contributed by atoms with van der Waals surface area (Å²) < 4.78 is 38.8. The lowest BCUT2D eigenvalue weighted by molar-refractivity contribution is -0.137. The molecule has 2 nitrogen and oxygen atoms in total. The summed E-state index contributed by atoms with van der Waals surface area (Å²) in [5.41, 5.74) is -0.106. The predicted molar refractivity (Wildman–Crippen MR) is 78.5 cm³/mol. The van der Waals surface area contributed by atoms with Crippen molar-refractivity contribution in [2.24, 2.45) is 0 Å². The maximum absolute atomic E-state index is 12.9. The lowest BCUT2D eigenvalue weighted by Gasteiger charge is -2.35. The molecule has 1 atom stereocenters. The third-order valence-electron chi connectivity index (χ3n) is 3.61. The lowest BCUT2D eigenvalue weighted by Crippen LogP contribution is -2.45. The van der Waals surface area contributed by atoms with E-state index in [2.05, 4.69) is 16.8 Å². The molecule has 6 heteroatoms. The summed E-state index contributed by atoms with van der Waals surface area (Å²) in [5, 5.41) is 3.35. The average Bonchev–Trinajstić information content (AvgIpc) is 2.44. The minimum Gasteiger partial charge on any atom is -0.314 e. The van der Waals surface area contributed by atoms with E-state index < -0.39 is 11.7 Å². The van der Waals surface area contributed by atoms with Gasteiger partial charge in [-0.2, -0.15) is 13.2 Å². The standard InChI is InChI=1S/C15H18ClF3N2/c1-2-3-14(21-6-4-20-5-7-21)11-8-12(15(17,18)19)10-13(16)9-11/h2,8-10,14,20H,1,3-7H2/t14-/m1/s1.